The van der Waals surface area contributed by atoms with E-state index >= 15 is 0 Å². The molecule has 0 atom stereocenters. The third-order valence-electron chi connectivity index (χ3n) is 4.05. The number of halogens is 1. The number of hydrogen-bond donors (Lipinski definition) is 1. The van der Waals surface area contributed by atoms with Crippen molar-refractivity contribution in [1.82, 2.24) is 14.5 Å². The van der Waals surface area contributed by atoms with Crippen molar-refractivity contribution >= 4 is 33.5 Å². The van der Waals surface area contributed by atoms with Crippen LogP contribution in [0.2, 0.25) is 5.02 Å². The van der Waals surface area contributed by atoms with Crippen molar-refractivity contribution in [3.05, 3.63) is 29.3 Å². The predicted molar refractivity (Wildman–Crippen MR) is 92.5 cm³/mol. The Morgan fingerprint density at radius 1 is 1.28 bits per heavy atom. The second-order valence-corrected chi connectivity index (χ2v) is 8.21. The fourth-order valence-electron chi connectivity index (χ4n) is 2.67. The van der Waals surface area contributed by atoms with Gasteiger partial charge in [-0.05, 0) is 25.0 Å². The van der Waals surface area contributed by atoms with Gasteiger partial charge in [-0.25, -0.2) is 12.7 Å². The molecule has 1 aromatic carbocycles. The van der Waals surface area contributed by atoms with Crippen LogP contribution >= 0.6 is 11.6 Å². The molecule has 1 N–H and O–H groups in total. The molecule has 1 aliphatic rings. The van der Waals surface area contributed by atoms with E-state index in [0.717, 1.165) is 0 Å². The van der Waals surface area contributed by atoms with Crippen molar-refractivity contribution in [2.24, 2.45) is 5.92 Å². The Balaban J connectivity index is 1.62. The molecule has 1 saturated heterocycles. The van der Waals surface area contributed by atoms with Crippen molar-refractivity contribution in [2.45, 2.75) is 12.8 Å². The van der Waals surface area contributed by atoms with Gasteiger partial charge in [0.1, 0.15) is 0 Å². The largest absolute Gasteiger partial charge is 0.403 e. The molecule has 1 amide bonds. The van der Waals surface area contributed by atoms with Crippen molar-refractivity contribution in [1.29, 1.82) is 0 Å². The summed E-state index contributed by atoms with van der Waals surface area (Å²) < 4.78 is 29.8. The van der Waals surface area contributed by atoms with Gasteiger partial charge in [-0.1, -0.05) is 28.8 Å². The summed E-state index contributed by atoms with van der Waals surface area (Å²) in [6, 6.07) is 7.01. The zero-order valence-electron chi connectivity index (χ0n) is 13.5. The Hall–Kier alpha value is -1.97. The second kappa shape index (κ2) is 7.11. The van der Waals surface area contributed by atoms with E-state index in [9.17, 15) is 13.2 Å². The van der Waals surface area contributed by atoms with Gasteiger partial charge < -0.3 is 4.42 Å². The third-order valence-corrected chi connectivity index (χ3v) is 5.69. The summed E-state index contributed by atoms with van der Waals surface area (Å²) in [5.41, 5.74) is 0.582. The van der Waals surface area contributed by atoms with Gasteiger partial charge in [0.15, 0.2) is 0 Å². The Morgan fingerprint density at radius 3 is 2.60 bits per heavy atom. The van der Waals surface area contributed by atoms with E-state index in [0.29, 0.717) is 36.5 Å². The van der Waals surface area contributed by atoms with Gasteiger partial charge >= 0.3 is 6.01 Å². The van der Waals surface area contributed by atoms with Gasteiger partial charge in [-0.3, -0.25) is 10.1 Å². The van der Waals surface area contributed by atoms with Gasteiger partial charge in [0, 0.05) is 19.0 Å². The zero-order valence-corrected chi connectivity index (χ0v) is 15.0. The lowest BCUT2D eigenvalue weighted by Gasteiger charge is -2.29. The lowest BCUT2D eigenvalue weighted by Crippen LogP contribution is -2.40. The second-order valence-electron chi connectivity index (χ2n) is 5.82. The van der Waals surface area contributed by atoms with Crippen LogP contribution in [0.15, 0.2) is 28.7 Å². The Bertz CT molecular complexity index is 875. The first-order valence-electron chi connectivity index (χ1n) is 7.69. The van der Waals surface area contributed by atoms with Gasteiger partial charge in [0.2, 0.25) is 15.9 Å². The van der Waals surface area contributed by atoms with Crippen LogP contribution in [0.3, 0.4) is 0 Å². The first kappa shape index (κ1) is 17.8. The van der Waals surface area contributed by atoms with E-state index < -0.39 is 10.0 Å². The summed E-state index contributed by atoms with van der Waals surface area (Å²) in [6.07, 6.45) is 2.07. The lowest BCUT2D eigenvalue weighted by molar-refractivity contribution is -0.121. The number of aromatic nitrogens is 2. The molecule has 3 rings (SSSR count). The first-order chi connectivity index (χ1) is 11.8. The number of anilines is 1. The predicted octanol–water partition coefficient (Wildman–Crippen LogP) is 2.00. The highest BCUT2D eigenvalue weighted by atomic mass is 35.5. The highest BCUT2D eigenvalue weighted by molar-refractivity contribution is 7.88. The molecule has 0 spiro atoms. The van der Waals surface area contributed by atoms with Crippen LogP contribution in [0.25, 0.3) is 11.5 Å². The molecular formula is C15H17ClN4O4S. The Kier molecular flexibility index (Phi) is 5.07. The van der Waals surface area contributed by atoms with Crippen molar-refractivity contribution in [3.8, 4) is 11.5 Å². The molecule has 0 unspecified atom stereocenters. The Labute approximate surface area is 150 Å². The molecule has 2 heterocycles. The molecule has 10 heteroatoms. The fourth-order valence-corrected chi connectivity index (χ4v) is 3.76. The number of nitrogens with one attached hydrogen (secondary N) is 1. The van der Waals surface area contributed by atoms with Crippen LogP contribution in [-0.2, 0) is 14.8 Å². The van der Waals surface area contributed by atoms with Crippen LogP contribution in [0.1, 0.15) is 12.8 Å². The number of piperidine rings is 1. The molecule has 134 valence electrons. The standard InChI is InChI=1S/C15H17ClN4O4S/c1-25(22,23)20-8-6-10(7-9-20)13(21)17-15-19-18-14(24-15)11-4-2-3-5-12(11)16/h2-5,10H,6-9H2,1H3,(H,17,19,21). The van der Waals surface area contributed by atoms with Gasteiger partial charge in [-0.15, -0.1) is 5.10 Å². The highest BCUT2D eigenvalue weighted by Gasteiger charge is 2.29. The number of amides is 1. The summed E-state index contributed by atoms with van der Waals surface area (Å²) in [6.45, 7) is 0.650. The molecular weight excluding hydrogens is 368 g/mol. The maximum absolute atomic E-state index is 12.3. The molecule has 1 aromatic heterocycles. The van der Waals surface area contributed by atoms with Crippen LogP contribution in [0, 0.1) is 5.92 Å². The molecule has 0 saturated carbocycles. The van der Waals surface area contributed by atoms with E-state index in [-0.39, 0.29) is 23.7 Å². The summed E-state index contributed by atoms with van der Waals surface area (Å²) in [4.78, 5) is 12.3. The lowest BCUT2D eigenvalue weighted by atomic mass is 9.97. The summed E-state index contributed by atoms with van der Waals surface area (Å²) in [5, 5.41) is 10.7. The number of benzene rings is 1. The molecule has 1 aliphatic heterocycles. The van der Waals surface area contributed by atoms with Crippen molar-refractivity contribution < 1.29 is 17.6 Å². The number of sulfonamides is 1. The highest BCUT2D eigenvalue weighted by Crippen LogP contribution is 2.27. The van der Waals surface area contributed by atoms with Crippen molar-refractivity contribution in [2.75, 3.05) is 24.7 Å². The molecule has 1 fully saturated rings. The van der Waals surface area contributed by atoms with Gasteiger partial charge in [0.25, 0.3) is 5.89 Å². The smallest absolute Gasteiger partial charge is 0.322 e. The monoisotopic (exact) mass is 384 g/mol. The average Bonchev–Trinajstić information content (AvgIpc) is 3.03. The number of carbonyl (C=O) groups excluding carboxylic acids is 1. The number of rotatable bonds is 4. The molecule has 0 aliphatic carbocycles. The molecule has 2 aromatic rings. The summed E-state index contributed by atoms with van der Waals surface area (Å²) in [5.74, 6) is -0.344. The third kappa shape index (κ3) is 4.17. The SMILES string of the molecule is CS(=O)(=O)N1CCC(C(=O)Nc2nnc(-c3ccccc3Cl)o2)CC1. The van der Waals surface area contributed by atoms with Crippen LogP contribution in [0.4, 0.5) is 6.01 Å². The van der Waals surface area contributed by atoms with Crippen LogP contribution in [-0.4, -0.2) is 48.2 Å². The quantitative estimate of drug-likeness (QED) is 0.864. The topological polar surface area (TPSA) is 105 Å². The minimum absolute atomic E-state index is 0.00883. The van der Waals surface area contributed by atoms with E-state index in [2.05, 4.69) is 15.5 Å². The van der Waals surface area contributed by atoms with Gasteiger partial charge in [0.05, 0.1) is 16.8 Å². The molecule has 0 bridgehead atoms. The van der Waals surface area contributed by atoms with Gasteiger partial charge in [-0.2, -0.15) is 0 Å². The molecule has 25 heavy (non-hydrogen) atoms. The summed E-state index contributed by atoms with van der Waals surface area (Å²) in [7, 11) is -3.22. The molecule has 8 nitrogen and oxygen atoms in total. The average molecular weight is 385 g/mol. The first-order valence-corrected chi connectivity index (χ1v) is 9.91. The molecule has 0 radical (unpaired) electrons. The number of carbonyl (C=O) groups is 1. The van der Waals surface area contributed by atoms with Crippen molar-refractivity contribution in [3.63, 3.8) is 0 Å². The van der Waals surface area contributed by atoms with E-state index in [4.69, 9.17) is 16.0 Å². The van der Waals surface area contributed by atoms with E-state index in [1.165, 1.54) is 10.6 Å². The van der Waals surface area contributed by atoms with E-state index in [1.807, 2.05) is 0 Å². The number of hydrogen-bond acceptors (Lipinski definition) is 6. The minimum Gasteiger partial charge on any atom is -0.403 e. The Morgan fingerprint density at radius 2 is 1.96 bits per heavy atom. The van der Waals surface area contributed by atoms with E-state index in [1.54, 1.807) is 24.3 Å². The zero-order chi connectivity index (χ0) is 18.0. The van der Waals surface area contributed by atoms with Crippen LogP contribution in [0.5, 0.6) is 0 Å². The maximum atomic E-state index is 12.3. The minimum atomic E-state index is -3.22. The number of nitrogens with zero attached hydrogens (tertiary/aromatic N) is 3. The normalized spacial score (nSPS) is 16.7. The fraction of sp³-hybridized carbons (Fsp3) is 0.400. The maximum Gasteiger partial charge on any atom is 0.322 e. The van der Waals surface area contributed by atoms with Crippen LogP contribution < -0.4 is 5.32 Å². The summed E-state index contributed by atoms with van der Waals surface area (Å²) >= 11 is 6.08.